The summed E-state index contributed by atoms with van der Waals surface area (Å²) in [6.07, 6.45) is 4.93. The molecule has 126 valence electrons. The van der Waals surface area contributed by atoms with Crippen LogP contribution in [0.25, 0.3) is 6.08 Å². The van der Waals surface area contributed by atoms with E-state index in [2.05, 4.69) is 33.6 Å². The van der Waals surface area contributed by atoms with Crippen LogP contribution < -0.4 is 5.43 Å². The molecule has 24 heavy (non-hydrogen) atoms. The predicted molar refractivity (Wildman–Crippen MR) is 106 cm³/mol. The maximum Gasteiger partial charge on any atom is 0.0620 e. The van der Waals surface area contributed by atoms with Crippen LogP contribution in [-0.4, -0.2) is 31.3 Å². The molecule has 3 nitrogen and oxygen atoms in total. The number of anilines is 1. The van der Waals surface area contributed by atoms with E-state index in [0.29, 0.717) is 10.0 Å². The Morgan fingerprint density at radius 2 is 1.83 bits per heavy atom. The van der Waals surface area contributed by atoms with Crippen molar-refractivity contribution < 1.29 is 0 Å². The fraction of sp³-hybridized carbons (Fsp3) is 0.211. The van der Waals surface area contributed by atoms with E-state index in [1.165, 1.54) is 0 Å². The van der Waals surface area contributed by atoms with Crippen molar-refractivity contribution >= 4 is 40.7 Å². The Bertz CT molecular complexity index is 710. The lowest BCUT2D eigenvalue weighted by Crippen LogP contribution is -2.16. The number of rotatable bonds is 7. The van der Waals surface area contributed by atoms with Gasteiger partial charge < -0.3 is 4.90 Å². The van der Waals surface area contributed by atoms with E-state index in [9.17, 15) is 0 Å². The number of hydrogen-bond acceptors (Lipinski definition) is 3. The van der Waals surface area contributed by atoms with Gasteiger partial charge in [-0.15, -0.1) is 0 Å². The van der Waals surface area contributed by atoms with Crippen LogP contribution in [0.3, 0.4) is 0 Å². The molecule has 0 fully saturated rings. The maximum absolute atomic E-state index is 6.03. The van der Waals surface area contributed by atoms with Crippen LogP contribution in [0.1, 0.15) is 12.0 Å². The fourth-order valence-corrected chi connectivity index (χ4v) is 2.27. The first-order valence-electron chi connectivity index (χ1n) is 7.70. The Morgan fingerprint density at radius 3 is 2.50 bits per heavy atom. The standard InChI is InChI=1S/C19H21Cl2N3/c1-24(2)13-12-16(9-8-15-6-4-3-5-7-15)22-23-17-10-11-18(20)19(21)14-17/h3-11,14,23H,12-13H2,1-2H3/b9-8-,22-16-. The van der Waals surface area contributed by atoms with Gasteiger partial charge in [0.1, 0.15) is 0 Å². The third-order valence-corrected chi connectivity index (χ3v) is 4.07. The average molecular weight is 362 g/mol. The fourth-order valence-electron chi connectivity index (χ4n) is 1.97. The highest BCUT2D eigenvalue weighted by Crippen LogP contribution is 2.25. The molecule has 0 saturated carbocycles. The molecule has 0 amide bonds. The van der Waals surface area contributed by atoms with Crippen molar-refractivity contribution in [3.8, 4) is 0 Å². The summed E-state index contributed by atoms with van der Waals surface area (Å²) in [4.78, 5) is 2.13. The van der Waals surface area contributed by atoms with Gasteiger partial charge in [-0.1, -0.05) is 59.6 Å². The molecule has 2 aromatic carbocycles. The first kappa shape index (κ1) is 18.5. The van der Waals surface area contributed by atoms with Crippen molar-refractivity contribution in [2.45, 2.75) is 6.42 Å². The summed E-state index contributed by atoms with van der Waals surface area (Å²) < 4.78 is 0. The third kappa shape index (κ3) is 6.36. The lowest BCUT2D eigenvalue weighted by atomic mass is 10.1. The predicted octanol–water partition coefficient (Wildman–Crippen LogP) is 5.43. The molecule has 0 aromatic heterocycles. The molecule has 2 rings (SSSR count). The largest absolute Gasteiger partial charge is 0.309 e. The van der Waals surface area contributed by atoms with Crippen molar-refractivity contribution in [2.24, 2.45) is 5.10 Å². The molecule has 0 bridgehead atoms. The summed E-state index contributed by atoms with van der Waals surface area (Å²) in [5, 5.41) is 5.54. The lowest BCUT2D eigenvalue weighted by molar-refractivity contribution is 0.422. The molecule has 0 aliphatic carbocycles. The minimum Gasteiger partial charge on any atom is -0.309 e. The molecule has 0 atom stereocenters. The minimum absolute atomic E-state index is 0.506. The molecule has 0 saturated heterocycles. The van der Waals surface area contributed by atoms with Gasteiger partial charge in [0.2, 0.25) is 0 Å². The van der Waals surface area contributed by atoms with E-state index in [1.807, 2.05) is 44.4 Å². The quantitative estimate of drug-likeness (QED) is 0.526. The maximum atomic E-state index is 6.03. The number of hydrazone groups is 1. The highest BCUT2D eigenvalue weighted by atomic mass is 35.5. The number of nitrogens with zero attached hydrogens (tertiary/aromatic N) is 2. The lowest BCUT2D eigenvalue weighted by Gasteiger charge is -2.10. The van der Waals surface area contributed by atoms with E-state index in [-0.39, 0.29) is 0 Å². The van der Waals surface area contributed by atoms with Crippen molar-refractivity contribution in [2.75, 3.05) is 26.1 Å². The number of hydrogen-bond donors (Lipinski definition) is 1. The molecule has 0 spiro atoms. The Labute approximate surface area is 153 Å². The molecule has 1 N–H and O–H groups in total. The summed E-state index contributed by atoms with van der Waals surface area (Å²) in [5.41, 5.74) is 5.95. The van der Waals surface area contributed by atoms with Gasteiger partial charge in [-0.25, -0.2) is 0 Å². The van der Waals surface area contributed by atoms with Gasteiger partial charge >= 0.3 is 0 Å². The van der Waals surface area contributed by atoms with Crippen molar-refractivity contribution in [1.29, 1.82) is 0 Å². The molecule has 0 heterocycles. The molecular weight excluding hydrogens is 341 g/mol. The second-order valence-corrected chi connectivity index (χ2v) is 6.46. The van der Waals surface area contributed by atoms with Gasteiger partial charge in [-0.3, -0.25) is 5.43 Å². The van der Waals surface area contributed by atoms with E-state index >= 15 is 0 Å². The van der Waals surface area contributed by atoms with E-state index in [4.69, 9.17) is 23.2 Å². The van der Waals surface area contributed by atoms with E-state index in [1.54, 1.807) is 12.1 Å². The zero-order valence-corrected chi connectivity index (χ0v) is 15.3. The van der Waals surface area contributed by atoms with Crippen LogP contribution >= 0.6 is 23.2 Å². The van der Waals surface area contributed by atoms with Crippen molar-refractivity contribution in [3.63, 3.8) is 0 Å². The summed E-state index contributed by atoms with van der Waals surface area (Å²) in [6.45, 7) is 0.918. The number of benzene rings is 2. The first-order chi connectivity index (χ1) is 11.5. The van der Waals surface area contributed by atoms with Gasteiger partial charge in [-0.05, 0) is 43.9 Å². The summed E-state index contributed by atoms with van der Waals surface area (Å²) >= 11 is 12.0. The monoisotopic (exact) mass is 361 g/mol. The van der Waals surface area contributed by atoms with Gasteiger partial charge in [-0.2, -0.15) is 5.10 Å². The van der Waals surface area contributed by atoms with Crippen LogP contribution in [0.4, 0.5) is 5.69 Å². The molecular formula is C19H21Cl2N3. The van der Waals surface area contributed by atoms with Crippen molar-refractivity contribution in [1.82, 2.24) is 4.90 Å². The molecule has 0 aliphatic heterocycles. The summed E-state index contributed by atoms with van der Waals surface area (Å²) in [6, 6.07) is 15.5. The molecule has 0 radical (unpaired) electrons. The summed E-state index contributed by atoms with van der Waals surface area (Å²) in [7, 11) is 4.09. The molecule has 0 aliphatic rings. The number of halogens is 2. The topological polar surface area (TPSA) is 27.6 Å². The zero-order valence-electron chi connectivity index (χ0n) is 13.8. The highest BCUT2D eigenvalue weighted by Gasteiger charge is 2.01. The second kappa shape index (κ2) is 9.48. The molecule has 5 heteroatoms. The van der Waals surface area contributed by atoms with E-state index in [0.717, 1.165) is 29.9 Å². The highest BCUT2D eigenvalue weighted by molar-refractivity contribution is 6.42. The normalized spacial score (nSPS) is 12.1. The Hall–Kier alpha value is -1.81. The van der Waals surface area contributed by atoms with Crippen LogP contribution in [0, 0.1) is 0 Å². The van der Waals surface area contributed by atoms with Crippen LogP contribution in [0.5, 0.6) is 0 Å². The number of allylic oxidation sites excluding steroid dienone is 1. The average Bonchev–Trinajstić information content (AvgIpc) is 2.58. The van der Waals surface area contributed by atoms with Crippen LogP contribution in [0.2, 0.25) is 10.0 Å². The Kier molecular flexibility index (Phi) is 7.32. The zero-order chi connectivity index (χ0) is 17.4. The van der Waals surface area contributed by atoms with Crippen LogP contribution in [-0.2, 0) is 0 Å². The van der Waals surface area contributed by atoms with Gasteiger partial charge in [0.05, 0.1) is 21.4 Å². The van der Waals surface area contributed by atoms with Gasteiger partial charge in [0.25, 0.3) is 0 Å². The van der Waals surface area contributed by atoms with Gasteiger partial charge in [0, 0.05) is 13.0 Å². The minimum atomic E-state index is 0.506. The van der Waals surface area contributed by atoms with Gasteiger partial charge in [0.15, 0.2) is 0 Å². The molecule has 0 unspecified atom stereocenters. The molecule has 2 aromatic rings. The van der Waals surface area contributed by atoms with E-state index < -0.39 is 0 Å². The van der Waals surface area contributed by atoms with Crippen molar-refractivity contribution in [3.05, 3.63) is 70.2 Å². The Morgan fingerprint density at radius 1 is 1.08 bits per heavy atom. The van der Waals surface area contributed by atoms with Crippen LogP contribution in [0.15, 0.2) is 59.7 Å². The third-order valence-electron chi connectivity index (χ3n) is 3.33. The Balaban J connectivity index is 2.11. The first-order valence-corrected chi connectivity index (χ1v) is 8.45. The summed E-state index contributed by atoms with van der Waals surface area (Å²) in [5.74, 6) is 0. The number of nitrogens with one attached hydrogen (secondary N) is 1. The second-order valence-electron chi connectivity index (χ2n) is 5.64. The SMILES string of the molecule is CN(C)CCC(/C=C\c1ccccc1)=N\Nc1ccc(Cl)c(Cl)c1. The smallest absolute Gasteiger partial charge is 0.0620 e.